The molecular formula is C20H12N2O2S. The molecule has 5 heteroatoms. The lowest BCUT2D eigenvalue weighted by atomic mass is 9.99. The van der Waals surface area contributed by atoms with Crippen molar-refractivity contribution in [2.24, 2.45) is 0 Å². The SMILES string of the molecule is N#Cc1sc2[nH]c(=O)c(-c3ccccc3)c(O)c2c1-c1ccccc1. The van der Waals surface area contributed by atoms with Gasteiger partial charge in [-0.25, -0.2) is 0 Å². The van der Waals surface area contributed by atoms with Gasteiger partial charge in [-0.1, -0.05) is 60.7 Å². The largest absolute Gasteiger partial charge is 0.506 e. The number of rotatable bonds is 2. The first-order valence-corrected chi connectivity index (χ1v) is 8.45. The van der Waals surface area contributed by atoms with E-state index in [1.54, 1.807) is 12.1 Å². The van der Waals surface area contributed by atoms with Crippen molar-refractivity contribution < 1.29 is 5.11 Å². The van der Waals surface area contributed by atoms with Crippen LogP contribution in [0.4, 0.5) is 0 Å². The van der Waals surface area contributed by atoms with Crippen LogP contribution in [0.5, 0.6) is 5.75 Å². The third-order valence-corrected chi connectivity index (χ3v) is 5.07. The highest BCUT2D eigenvalue weighted by atomic mass is 32.1. The van der Waals surface area contributed by atoms with Crippen molar-refractivity contribution in [3.8, 4) is 34.1 Å². The van der Waals surface area contributed by atoms with Gasteiger partial charge in [0, 0.05) is 5.56 Å². The lowest BCUT2D eigenvalue weighted by molar-refractivity contribution is 0.483. The van der Waals surface area contributed by atoms with E-state index >= 15 is 0 Å². The Bertz CT molecular complexity index is 1170. The summed E-state index contributed by atoms with van der Waals surface area (Å²) in [5.41, 5.74) is 1.95. The number of nitriles is 1. The number of benzene rings is 2. The van der Waals surface area contributed by atoms with Crippen molar-refractivity contribution in [3.05, 3.63) is 75.9 Å². The van der Waals surface area contributed by atoms with Crippen molar-refractivity contribution in [2.75, 3.05) is 0 Å². The van der Waals surface area contributed by atoms with Gasteiger partial charge in [0.05, 0.1) is 10.9 Å². The zero-order chi connectivity index (χ0) is 17.4. The Hall–Kier alpha value is -3.36. The average Bonchev–Trinajstić information content (AvgIpc) is 3.02. The van der Waals surface area contributed by atoms with E-state index in [0.29, 0.717) is 26.2 Å². The van der Waals surface area contributed by atoms with Crippen molar-refractivity contribution in [2.45, 2.75) is 0 Å². The zero-order valence-corrected chi connectivity index (χ0v) is 13.8. The molecule has 2 heterocycles. The van der Waals surface area contributed by atoms with Gasteiger partial charge in [-0.3, -0.25) is 4.79 Å². The fourth-order valence-corrected chi connectivity index (χ4v) is 3.99. The summed E-state index contributed by atoms with van der Waals surface area (Å²) in [6.07, 6.45) is 0. The molecule has 0 saturated heterocycles. The molecule has 0 radical (unpaired) electrons. The van der Waals surface area contributed by atoms with Crippen molar-refractivity contribution >= 4 is 21.6 Å². The predicted octanol–water partition coefficient (Wildman–Crippen LogP) is 4.50. The second kappa shape index (κ2) is 5.93. The summed E-state index contributed by atoms with van der Waals surface area (Å²) in [5, 5.41) is 20.9. The van der Waals surface area contributed by atoms with Crippen LogP contribution >= 0.6 is 11.3 Å². The fourth-order valence-electron chi connectivity index (χ4n) is 2.97. The van der Waals surface area contributed by atoms with Crippen LogP contribution in [-0.4, -0.2) is 10.1 Å². The van der Waals surface area contributed by atoms with Crippen LogP contribution in [0.25, 0.3) is 32.5 Å². The van der Waals surface area contributed by atoms with Crippen LogP contribution in [0.2, 0.25) is 0 Å². The number of fused-ring (bicyclic) bond motifs is 1. The summed E-state index contributed by atoms with van der Waals surface area (Å²) in [4.78, 5) is 16.3. The van der Waals surface area contributed by atoms with Gasteiger partial charge in [0.2, 0.25) is 0 Å². The number of hydrogen-bond acceptors (Lipinski definition) is 4. The summed E-state index contributed by atoms with van der Waals surface area (Å²) < 4.78 is 0. The van der Waals surface area contributed by atoms with E-state index in [1.165, 1.54) is 11.3 Å². The molecule has 25 heavy (non-hydrogen) atoms. The minimum Gasteiger partial charge on any atom is -0.506 e. The Morgan fingerprint density at radius 2 is 1.48 bits per heavy atom. The second-order valence-corrected chi connectivity index (χ2v) is 6.55. The van der Waals surface area contributed by atoms with Crippen LogP contribution in [0.3, 0.4) is 0 Å². The molecule has 2 aromatic carbocycles. The first kappa shape index (κ1) is 15.2. The molecule has 0 unspecified atom stereocenters. The predicted molar refractivity (Wildman–Crippen MR) is 99.7 cm³/mol. The number of hydrogen-bond donors (Lipinski definition) is 2. The monoisotopic (exact) mass is 344 g/mol. The second-order valence-electron chi connectivity index (χ2n) is 5.53. The van der Waals surface area contributed by atoms with Crippen LogP contribution in [0.1, 0.15) is 4.88 Å². The molecule has 2 aromatic heterocycles. The highest BCUT2D eigenvalue weighted by Gasteiger charge is 2.22. The quantitative estimate of drug-likeness (QED) is 0.562. The Labute approximate surface area is 147 Å². The smallest absolute Gasteiger partial charge is 0.260 e. The number of pyridine rings is 1. The standard InChI is InChI=1S/C20H12N2O2S/c21-11-14-15(12-7-3-1-4-8-12)17-18(23)16(13-9-5-2-6-10-13)19(24)22-20(17)25-14/h1-10H,(H2,22,23,24). The molecule has 0 aliphatic carbocycles. The number of aromatic amines is 1. The number of aromatic hydroxyl groups is 1. The van der Waals surface area contributed by atoms with E-state index in [4.69, 9.17) is 0 Å². The third kappa shape index (κ3) is 2.40. The molecule has 4 aromatic rings. The van der Waals surface area contributed by atoms with Gasteiger partial charge in [-0.15, -0.1) is 11.3 Å². The molecule has 0 fully saturated rings. The van der Waals surface area contributed by atoms with E-state index in [0.717, 1.165) is 5.56 Å². The Morgan fingerprint density at radius 3 is 2.04 bits per heavy atom. The molecule has 0 aliphatic rings. The summed E-state index contributed by atoms with van der Waals surface area (Å²) in [6.45, 7) is 0. The maximum Gasteiger partial charge on any atom is 0.260 e. The highest BCUT2D eigenvalue weighted by Crippen LogP contribution is 2.44. The minimum atomic E-state index is -0.374. The maximum atomic E-state index is 12.5. The van der Waals surface area contributed by atoms with E-state index in [2.05, 4.69) is 11.1 Å². The number of nitrogens with one attached hydrogen (secondary N) is 1. The van der Waals surface area contributed by atoms with Crippen LogP contribution in [0, 0.1) is 11.3 Å². The minimum absolute atomic E-state index is 0.0958. The zero-order valence-electron chi connectivity index (χ0n) is 13.0. The summed E-state index contributed by atoms with van der Waals surface area (Å²) in [7, 11) is 0. The summed E-state index contributed by atoms with van der Waals surface area (Å²) in [6, 6.07) is 20.6. The molecule has 120 valence electrons. The van der Waals surface area contributed by atoms with Crippen LogP contribution in [0.15, 0.2) is 65.5 Å². The molecule has 0 amide bonds. The molecular weight excluding hydrogens is 332 g/mol. The van der Waals surface area contributed by atoms with Crippen molar-refractivity contribution in [1.82, 2.24) is 4.98 Å². The van der Waals surface area contributed by atoms with Gasteiger partial charge >= 0.3 is 0 Å². The first-order valence-electron chi connectivity index (χ1n) is 7.63. The lowest BCUT2D eigenvalue weighted by Gasteiger charge is -2.07. The normalized spacial score (nSPS) is 10.7. The highest BCUT2D eigenvalue weighted by molar-refractivity contribution is 7.19. The van der Waals surface area contributed by atoms with Gasteiger partial charge in [-0.2, -0.15) is 5.26 Å². The Kier molecular flexibility index (Phi) is 3.60. The number of nitrogens with zero attached hydrogens (tertiary/aromatic N) is 1. The molecule has 0 spiro atoms. The first-order chi connectivity index (χ1) is 12.2. The molecule has 0 bridgehead atoms. The van der Waals surface area contributed by atoms with Crippen molar-refractivity contribution in [3.63, 3.8) is 0 Å². The van der Waals surface area contributed by atoms with Crippen molar-refractivity contribution in [1.29, 1.82) is 5.26 Å². The number of thiophene rings is 1. The summed E-state index contributed by atoms with van der Waals surface area (Å²) in [5.74, 6) is -0.0958. The average molecular weight is 344 g/mol. The van der Waals surface area contributed by atoms with E-state index in [1.807, 2.05) is 48.5 Å². The van der Waals surface area contributed by atoms with Gasteiger partial charge < -0.3 is 10.1 Å². The number of H-pyrrole nitrogens is 1. The van der Waals surface area contributed by atoms with Gasteiger partial charge in [-0.05, 0) is 11.1 Å². The van der Waals surface area contributed by atoms with E-state index in [-0.39, 0.29) is 16.9 Å². The molecule has 2 N–H and O–H groups in total. The maximum absolute atomic E-state index is 12.5. The third-order valence-electron chi connectivity index (χ3n) is 4.06. The molecule has 0 atom stereocenters. The topological polar surface area (TPSA) is 76.9 Å². The molecule has 4 nitrogen and oxygen atoms in total. The fraction of sp³-hybridized carbons (Fsp3) is 0. The van der Waals surface area contributed by atoms with Crippen LogP contribution < -0.4 is 5.56 Å². The van der Waals surface area contributed by atoms with Gasteiger partial charge in [0.1, 0.15) is 21.5 Å². The Morgan fingerprint density at radius 1 is 0.920 bits per heavy atom. The summed E-state index contributed by atoms with van der Waals surface area (Å²) >= 11 is 1.17. The van der Waals surface area contributed by atoms with E-state index in [9.17, 15) is 15.2 Å². The molecule has 4 rings (SSSR count). The lowest BCUT2D eigenvalue weighted by Crippen LogP contribution is -2.08. The number of aromatic nitrogens is 1. The molecule has 0 aliphatic heterocycles. The Balaban J connectivity index is 2.14. The van der Waals surface area contributed by atoms with Crippen LogP contribution in [-0.2, 0) is 0 Å². The van der Waals surface area contributed by atoms with E-state index < -0.39 is 0 Å². The van der Waals surface area contributed by atoms with Gasteiger partial charge in [0.15, 0.2) is 0 Å². The van der Waals surface area contributed by atoms with Gasteiger partial charge in [0.25, 0.3) is 5.56 Å². The molecule has 0 saturated carbocycles.